The fraction of sp³-hybridized carbons (Fsp3) is 0.700. The van der Waals surface area contributed by atoms with E-state index in [0.29, 0.717) is 6.42 Å². The van der Waals surface area contributed by atoms with Crippen LogP contribution in [0.15, 0.2) is 10.2 Å². The molecule has 14 heavy (non-hydrogen) atoms. The first-order valence-corrected chi connectivity index (χ1v) is 5.73. The van der Waals surface area contributed by atoms with Gasteiger partial charge in [0.25, 0.3) is 0 Å². The van der Waals surface area contributed by atoms with Gasteiger partial charge in [-0.15, -0.1) is 0 Å². The summed E-state index contributed by atoms with van der Waals surface area (Å²) in [6.45, 7) is 0. The molecule has 3 nitrogen and oxygen atoms in total. The van der Waals surface area contributed by atoms with Gasteiger partial charge in [0.2, 0.25) is 0 Å². The van der Waals surface area contributed by atoms with E-state index in [1.807, 2.05) is 0 Å². The third-order valence-electron chi connectivity index (χ3n) is 3.00. The van der Waals surface area contributed by atoms with Crippen molar-refractivity contribution < 1.29 is 14.6 Å². The van der Waals surface area contributed by atoms with Crippen molar-refractivity contribution in [2.45, 2.75) is 44.1 Å². The van der Waals surface area contributed by atoms with E-state index in [0.717, 1.165) is 25.7 Å². The predicted molar refractivity (Wildman–Crippen MR) is 55.1 cm³/mol. The van der Waals surface area contributed by atoms with E-state index in [9.17, 15) is 9.90 Å². The second kappa shape index (κ2) is 3.57. The van der Waals surface area contributed by atoms with E-state index in [1.165, 1.54) is 6.42 Å². The maximum atomic E-state index is 11.4. The first-order chi connectivity index (χ1) is 6.63. The molecule has 2 rings (SSSR count). The second-order valence-electron chi connectivity index (χ2n) is 4.07. The maximum absolute atomic E-state index is 11.4. The number of carbonyl (C=O) groups excluding carboxylic acids is 1. The van der Waals surface area contributed by atoms with Gasteiger partial charge in [0.1, 0.15) is 15.8 Å². The van der Waals surface area contributed by atoms with Crippen LogP contribution in [0.2, 0.25) is 0 Å². The summed E-state index contributed by atoms with van der Waals surface area (Å²) in [5, 5.41) is 9.60. The average Bonchev–Trinajstić information content (AvgIpc) is 2.15. The topological polar surface area (TPSA) is 46.5 Å². The Hall–Kier alpha value is -0.510. The lowest BCUT2D eigenvalue weighted by molar-refractivity contribution is -0.161. The second-order valence-corrected chi connectivity index (χ2v) is 4.86. The Bertz CT molecular complexity index is 290. The summed E-state index contributed by atoms with van der Waals surface area (Å²) in [5.74, 6) is -0.279. The van der Waals surface area contributed by atoms with Gasteiger partial charge in [-0.1, -0.05) is 6.42 Å². The van der Waals surface area contributed by atoms with Crippen molar-refractivity contribution in [3.63, 3.8) is 0 Å². The molecule has 1 heterocycles. The Morgan fingerprint density at radius 2 is 1.93 bits per heavy atom. The number of hydrogen-bond donors (Lipinski definition) is 1. The molecule has 1 aliphatic heterocycles. The van der Waals surface area contributed by atoms with Gasteiger partial charge in [0.15, 0.2) is 0 Å². The highest BCUT2D eigenvalue weighted by molar-refractivity contribution is 9.12. The quantitative estimate of drug-likeness (QED) is 0.682. The molecule has 0 radical (unpaired) electrons. The van der Waals surface area contributed by atoms with Crippen LogP contribution in [0.1, 0.15) is 38.5 Å². The normalized spacial score (nSPS) is 26.5. The van der Waals surface area contributed by atoms with E-state index >= 15 is 0 Å². The van der Waals surface area contributed by atoms with E-state index in [2.05, 4.69) is 15.9 Å². The predicted octanol–water partition coefficient (Wildman–Crippen LogP) is 2.80. The van der Waals surface area contributed by atoms with Crippen LogP contribution in [-0.4, -0.2) is 16.7 Å². The first-order valence-electron chi connectivity index (χ1n) is 4.94. The molecule has 1 spiro atoms. The van der Waals surface area contributed by atoms with Crippen LogP contribution >= 0.6 is 15.9 Å². The molecule has 4 heteroatoms. The van der Waals surface area contributed by atoms with Crippen molar-refractivity contribution >= 4 is 21.9 Å². The lowest BCUT2D eigenvalue weighted by Gasteiger charge is -2.39. The lowest BCUT2D eigenvalue weighted by Crippen LogP contribution is -2.41. The molecule has 0 amide bonds. The molecule has 0 atom stereocenters. The molecule has 2 aliphatic rings. The zero-order valence-corrected chi connectivity index (χ0v) is 9.47. The van der Waals surface area contributed by atoms with E-state index in [1.54, 1.807) is 0 Å². The van der Waals surface area contributed by atoms with E-state index < -0.39 is 11.6 Å². The minimum absolute atomic E-state index is 0.142. The van der Waals surface area contributed by atoms with E-state index in [-0.39, 0.29) is 10.2 Å². The van der Waals surface area contributed by atoms with Crippen LogP contribution in [0.5, 0.6) is 0 Å². The molecule has 1 aliphatic carbocycles. The van der Waals surface area contributed by atoms with Crippen LogP contribution in [-0.2, 0) is 9.53 Å². The van der Waals surface area contributed by atoms with Gasteiger partial charge in [-0.3, -0.25) is 0 Å². The van der Waals surface area contributed by atoms with Crippen LogP contribution in [0.3, 0.4) is 0 Å². The zero-order valence-electron chi connectivity index (χ0n) is 7.88. The summed E-state index contributed by atoms with van der Waals surface area (Å²) in [6.07, 6.45) is 5.59. The monoisotopic (exact) mass is 260 g/mol. The number of rotatable bonds is 0. The van der Waals surface area contributed by atoms with Crippen LogP contribution in [0.4, 0.5) is 0 Å². The number of esters is 1. The maximum Gasteiger partial charge on any atom is 0.349 e. The molecule has 0 aromatic rings. The molecule has 0 aromatic carbocycles. The molecule has 1 saturated carbocycles. The summed E-state index contributed by atoms with van der Waals surface area (Å²) < 4.78 is 5.58. The van der Waals surface area contributed by atoms with Gasteiger partial charge >= 0.3 is 5.97 Å². The lowest BCUT2D eigenvalue weighted by atomic mass is 9.81. The van der Waals surface area contributed by atoms with Crippen molar-refractivity contribution in [2.24, 2.45) is 0 Å². The van der Waals surface area contributed by atoms with Gasteiger partial charge in [0.05, 0.1) is 0 Å². The number of carbonyl (C=O) groups is 1. The highest BCUT2D eigenvalue weighted by atomic mass is 79.9. The van der Waals surface area contributed by atoms with Gasteiger partial charge in [-0.2, -0.15) is 0 Å². The first kappa shape index (κ1) is 10.0. The largest absolute Gasteiger partial charge is 0.511 e. The highest BCUT2D eigenvalue weighted by Gasteiger charge is 2.41. The molecular formula is C10H13BrO3. The molecule has 0 bridgehead atoms. The number of ether oxygens (including phenoxy) is 1. The summed E-state index contributed by atoms with van der Waals surface area (Å²) in [7, 11) is 0. The Kier molecular flexibility index (Phi) is 2.56. The Labute approximate surface area is 91.3 Å². The molecular weight excluding hydrogens is 248 g/mol. The molecule has 0 saturated heterocycles. The fourth-order valence-corrected chi connectivity index (χ4v) is 2.47. The number of hydrogen-bond acceptors (Lipinski definition) is 3. The van der Waals surface area contributed by atoms with Gasteiger partial charge in [-0.05, 0) is 41.6 Å². The fourth-order valence-electron chi connectivity index (χ4n) is 2.25. The van der Waals surface area contributed by atoms with Crippen LogP contribution < -0.4 is 0 Å². The van der Waals surface area contributed by atoms with Crippen molar-refractivity contribution in [2.75, 3.05) is 0 Å². The standard InChI is InChI=1S/C10H13BrO3/c11-8-7(12)6-10(14-9(8)13)4-2-1-3-5-10/h12H,1-6H2. The molecule has 1 N–H and O–H groups in total. The van der Waals surface area contributed by atoms with Gasteiger partial charge in [0, 0.05) is 6.42 Å². The zero-order chi connectivity index (χ0) is 10.2. The van der Waals surface area contributed by atoms with E-state index in [4.69, 9.17) is 4.74 Å². The summed E-state index contributed by atoms with van der Waals surface area (Å²) >= 11 is 3.02. The number of aliphatic hydroxyl groups excluding tert-OH is 1. The minimum Gasteiger partial charge on any atom is -0.511 e. The Balaban J connectivity index is 2.21. The van der Waals surface area contributed by atoms with Crippen molar-refractivity contribution in [1.82, 2.24) is 0 Å². The Morgan fingerprint density at radius 1 is 1.29 bits per heavy atom. The number of aliphatic hydroxyl groups is 1. The molecule has 0 aromatic heterocycles. The summed E-state index contributed by atoms with van der Waals surface area (Å²) in [6, 6.07) is 0. The van der Waals surface area contributed by atoms with Crippen molar-refractivity contribution in [1.29, 1.82) is 0 Å². The third-order valence-corrected chi connectivity index (χ3v) is 3.78. The average molecular weight is 261 g/mol. The number of halogens is 1. The molecule has 78 valence electrons. The molecule has 0 unspecified atom stereocenters. The van der Waals surface area contributed by atoms with Gasteiger partial charge < -0.3 is 9.84 Å². The van der Waals surface area contributed by atoms with Crippen molar-refractivity contribution in [3.8, 4) is 0 Å². The van der Waals surface area contributed by atoms with Crippen LogP contribution in [0, 0.1) is 0 Å². The third kappa shape index (κ3) is 1.67. The minimum atomic E-state index is -0.421. The SMILES string of the molecule is O=C1OC2(CCCCC2)CC(O)=C1Br. The highest BCUT2D eigenvalue weighted by Crippen LogP contribution is 2.41. The summed E-state index contributed by atoms with van der Waals surface area (Å²) in [5.41, 5.74) is -0.406. The Morgan fingerprint density at radius 3 is 2.50 bits per heavy atom. The smallest absolute Gasteiger partial charge is 0.349 e. The van der Waals surface area contributed by atoms with Gasteiger partial charge in [-0.25, -0.2) is 4.79 Å². The van der Waals surface area contributed by atoms with Crippen LogP contribution in [0.25, 0.3) is 0 Å². The summed E-state index contributed by atoms with van der Waals surface area (Å²) in [4.78, 5) is 11.4. The van der Waals surface area contributed by atoms with Crippen molar-refractivity contribution in [3.05, 3.63) is 10.2 Å². The molecule has 1 fully saturated rings.